The van der Waals surface area contributed by atoms with Crippen molar-refractivity contribution < 1.29 is 9.18 Å². The minimum Gasteiger partial charge on any atom is -0.380 e. The molecule has 1 aromatic carbocycles. The number of carbonyl (C=O) groups is 1. The average Bonchev–Trinajstić information content (AvgIpc) is 2.70. The molecule has 0 unspecified atom stereocenters. The van der Waals surface area contributed by atoms with Gasteiger partial charge < -0.3 is 11.1 Å². The molecule has 1 heterocycles. The Bertz CT molecular complexity index is 653. The van der Waals surface area contributed by atoms with E-state index in [9.17, 15) is 9.18 Å². The van der Waals surface area contributed by atoms with Gasteiger partial charge in [-0.25, -0.2) is 4.39 Å². The molecule has 2 aromatic rings. The molecule has 0 radical (unpaired) electrons. The van der Waals surface area contributed by atoms with Crippen molar-refractivity contribution in [3.05, 3.63) is 48.3 Å². The number of amides is 1. The summed E-state index contributed by atoms with van der Waals surface area (Å²) in [6.45, 7) is 2.19. The van der Waals surface area contributed by atoms with Crippen LogP contribution in [0.15, 0.2) is 26.5 Å². The molecular weight excluding hydrogens is 411 g/mol. The smallest absolute Gasteiger partial charge is 0.248 e. The molecule has 0 fully saturated rings. The Balaban J connectivity index is 2.22. The highest BCUT2D eigenvalue weighted by molar-refractivity contribution is 9.13. The molecule has 0 spiro atoms. The van der Waals surface area contributed by atoms with Crippen LogP contribution in [0.3, 0.4) is 0 Å². The van der Waals surface area contributed by atoms with Gasteiger partial charge in [0.25, 0.3) is 0 Å². The molecule has 0 saturated heterocycles. The van der Waals surface area contributed by atoms with Gasteiger partial charge in [-0.2, -0.15) is 0 Å². The van der Waals surface area contributed by atoms with Crippen molar-refractivity contribution in [2.24, 2.45) is 5.73 Å². The van der Waals surface area contributed by atoms with E-state index in [0.29, 0.717) is 17.8 Å². The van der Waals surface area contributed by atoms with Crippen LogP contribution in [-0.2, 0) is 6.54 Å². The molecule has 106 valence electrons. The number of rotatable bonds is 4. The summed E-state index contributed by atoms with van der Waals surface area (Å²) in [6, 6.07) is 4.70. The van der Waals surface area contributed by atoms with Crippen LogP contribution in [0.1, 0.15) is 20.8 Å². The predicted octanol–water partition coefficient (Wildman–Crippen LogP) is 4.43. The summed E-state index contributed by atoms with van der Waals surface area (Å²) < 4.78 is 15.7. The van der Waals surface area contributed by atoms with Crippen LogP contribution >= 0.6 is 43.2 Å². The summed E-state index contributed by atoms with van der Waals surface area (Å²) >= 11 is 8.41. The summed E-state index contributed by atoms with van der Waals surface area (Å²) in [4.78, 5) is 12.2. The van der Waals surface area contributed by atoms with Gasteiger partial charge in [-0.3, -0.25) is 4.79 Å². The Labute approximate surface area is 136 Å². The minimum absolute atomic E-state index is 0.157. The van der Waals surface area contributed by atoms with Gasteiger partial charge in [0, 0.05) is 32.7 Å². The summed E-state index contributed by atoms with van der Waals surface area (Å²) in [5.74, 6) is -1.09. The molecular formula is C13H11Br2FN2OS. The van der Waals surface area contributed by atoms with Gasteiger partial charge in [0.15, 0.2) is 0 Å². The number of nitrogens with one attached hydrogen (secondary N) is 1. The molecule has 2 rings (SSSR count). The molecule has 0 aliphatic heterocycles. The predicted molar refractivity (Wildman–Crippen MR) is 86.7 cm³/mol. The van der Waals surface area contributed by atoms with E-state index in [0.717, 1.165) is 19.2 Å². The summed E-state index contributed by atoms with van der Waals surface area (Å²) in [5, 5.41) is 3.13. The van der Waals surface area contributed by atoms with Crippen LogP contribution < -0.4 is 11.1 Å². The van der Waals surface area contributed by atoms with Gasteiger partial charge >= 0.3 is 0 Å². The first-order chi connectivity index (χ1) is 9.38. The standard InChI is InChI=1S/C13H11Br2FN2OS/c1-6-10(16)2-7(13(17)19)3-11(6)18-5-8-4-9(14)12(15)20-8/h2-4,18H,5H2,1H3,(H2,17,19). The number of thiophene rings is 1. The largest absolute Gasteiger partial charge is 0.380 e. The second-order valence-electron chi connectivity index (χ2n) is 4.18. The number of primary amides is 1. The Morgan fingerprint density at radius 3 is 2.65 bits per heavy atom. The fourth-order valence-corrected chi connectivity index (χ4v) is 3.78. The first-order valence-corrected chi connectivity index (χ1v) is 8.06. The Morgan fingerprint density at radius 1 is 1.40 bits per heavy atom. The van der Waals surface area contributed by atoms with Crippen LogP contribution in [0.5, 0.6) is 0 Å². The fraction of sp³-hybridized carbons (Fsp3) is 0.154. The van der Waals surface area contributed by atoms with Crippen LogP contribution in [0, 0.1) is 12.7 Å². The number of anilines is 1. The number of carbonyl (C=O) groups excluding carboxylic acids is 1. The number of hydrogen-bond donors (Lipinski definition) is 2. The molecule has 0 aliphatic carbocycles. The molecule has 1 aromatic heterocycles. The quantitative estimate of drug-likeness (QED) is 0.766. The summed E-state index contributed by atoms with van der Waals surface area (Å²) in [7, 11) is 0. The number of hydrogen-bond acceptors (Lipinski definition) is 3. The maximum absolute atomic E-state index is 13.7. The minimum atomic E-state index is -0.645. The third kappa shape index (κ3) is 3.39. The lowest BCUT2D eigenvalue weighted by Crippen LogP contribution is -2.12. The summed E-state index contributed by atoms with van der Waals surface area (Å²) in [5.41, 5.74) is 6.38. The number of nitrogens with two attached hydrogens (primary N) is 1. The number of benzene rings is 1. The van der Waals surface area contributed by atoms with Crippen molar-refractivity contribution in [2.45, 2.75) is 13.5 Å². The number of halogens is 3. The van der Waals surface area contributed by atoms with E-state index in [1.54, 1.807) is 24.3 Å². The first kappa shape index (κ1) is 15.5. The third-order valence-electron chi connectivity index (χ3n) is 2.78. The van der Waals surface area contributed by atoms with E-state index < -0.39 is 11.7 Å². The van der Waals surface area contributed by atoms with Gasteiger partial charge in [-0.1, -0.05) is 0 Å². The van der Waals surface area contributed by atoms with E-state index >= 15 is 0 Å². The first-order valence-electron chi connectivity index (χ1n) is 5.66. The van der Waals surface area contributed by atoms with Crippen LogP contribution in [-0.4, -0.2) is 5.91 Å². The maximum atomic E-state index is 13.7. The van der Waals surface area contributed by atoms with Crippen molar-refractivity contribution in [3.8, 4) is 0 Å². The van der Waals surface area contributed by atoms with E-state index in [1.165, 1.54) is 0 Å². The van der Waals surface area contributed by atoms with E-state index in [2.05, 4.69) is 37.2 Å². The van der Waals surface area contributed by atoms with Crippen LogP contribution in [0.25, 0.3) is 0 Å². The third-order valence-corrected chi connectivity index (χ3v) is 6.03. The normalized spacial score (nSPS) is 10.6. The summed E-state index contributed by atoms with van der Waals surface area (Å²) in [6.07, 6.45) is 0. The van der Waals surface area contributed by atoms with Crippen LogP contribution in [0.4, 0.5) is 10.1 Å². The van der Waals surface area contributed by atoms with Crippen molar-refractivity contribution in [2.75, 3.05) is 5.32 Å². The Hall–Kier alpha value is -0.920. The zero-order valence-corrected chi connectivity index (χ0v) is 14.5. The molecule has 20 heavy (non-hydrogen) atoms. The molecule has 0 bridgehead atoms. The lowest BCUT2D eigenvalue weighted by molar-refractivity contribution is 0.1000. The lowest BCUT2D eigenvalue weighted by Gasteiger charge is -2.11. The van der Waals surface area contributed by atoms with Gasteiger partial charge in [0.2, 0.25) is 5.91 Å². The monoisotopic (exact) mass is 420 g/mol. The molecule has 0 atom stereocenters. The zero-order chi connectivity index (χ0) is 14.9. The fourth-order valence-electron chi connectivity index (χ4n) is 1.67. The Morgan fingerprint density at radius 2 is 2.10 bits per heavy atom. The second-order valence-corrected chi connectivity index (χ2v) is 7.49. The topological polar surface area (TPSA) is 55.1 Å². The second kappa shape index (κ2) is 6.24. The molecule has 7 heteroatoms. The molecule has 0 aliphatic rings. The molecule has 0 saturated carbocycles. The molecule has 3 N–H and O–H groups in total. The average molecular weight is 422 g/mol. The van der Waals surface area contributed by atoms with E-state index in [1.807, 2.05) is 6.07 Å². The van der Waals surface area contributed by atoms with E-state index in [4.69, 9.17) is 5.73 Å². The maximum Gasteiger partial charge on any atom is 0.248 e. The SMILES string of the molecule is Cc1c(F)cc(C(N)=O)cc1NCc1cc(Br)c(Br)s1. The van der Waals surface area contributed by atoms with Crippen molar-refractivity contribution in [1.29, 1.82) is 0 Å². The highest BCUT2D eigenvalue weighted by atomic mass is 79.9. The molecule has 3 nitrogen and oxygen atoms in total. The highest BCUT2D eigenvalue weighted by Crippen LogP contribution is 2.33. The molecule has 1 amide bonds. The van der Waals surface area contributed by atoms with Crippen LogP contribution in [0.2, 0.25) is 0 Å². The Kier molecular flexibility index (Phi) is 4.82. The zero-order valence-electron chi connectivity index (χ0n) is 10.5. The van der Waals surface area contributed by atoms with Crippen molar-refractivity contribution in [3.63, 3.8) is 0 Å². The van der Waals surface area contributed by atoms with E-state index in [-0.39, 0.29) is 5.56 Å². The van der Waals surface area contributed by atoms with Gasteiger partial charge in [-0.15, -0.1) is 11.3 Å². The van der Waals surface area contributed by atoms with Crippen molar-refractivity contribution in [1.82, 2.24) is 0 Å². The van der Waals surface area contributed by atoms with Gasteiger partial charge in [-0.05, 0) is 57.0 Å². The van der Waals surface area contributed by atoms with Gasteiger partial charge in [0.1, 0.15) is 5.82 Å². The highest BCUT2D eigenvalue weighted by Gasteiger charge is 2.11. The van der Waals surface area contributed by atoms with Crippen molar-refractivity contribution >= 4 is 54.8 Å². The van der Waals surface area contributed by atoms with Gasteiger partial charge in [0.05, 0.1) is 3.79 Å². The lowest BCUT2D eigenvalue weighted by atomic mass is 10.1.